The monoisotopic (exact) mass is 209 g/mol. The van der Waals surface area contributed by atoms with Crippen LogP contribution in [-0.2, 0) is 6.42 Å². The molecule has 15 heavy (non-hydrogen) atoms. The molecule has 1 aromatic rings. The van der Waals surface area contributed by atoms with E-state index in [0.29, 0.717) is 11.8 Å². The second-order valence-electron chi connectivity index (χ2n) is 4.60. The Labute approximate surface area is 91.5 Å². The van der Waals surface area contributed by atoms with E-state index in [-0.39, 0.29) is 11.9 Å². The number of rotatable bonds is 4. The molecule has 84 valence electrons. The van der Waals surface area contributed by atoms with Crippen LogP contribution in [0.5, 0.6) is 0 Å². The molecule has 0 aromatic heterocycles. The third kappa shape index (κ3) is 3.63. The zero-order chi connectivity index (χ0) is 11.4. The van der Waals surface area contributed by atoms with Crippen LogP contribution >= 0.6 is 0 Å². The number of nitrogens with two attached hydrogens (primary N) is 1. The Morgan fingerprint density at radius 2 is 1.67 bits per heavy atom. The molecule has 0 fully saturated rings. The van der Waals surface area contributed by atoms with Crippen molar-refractivity contribution in [3.63, 3.8) is 0 Å². The summed E-state index contributed by atoms with van der Waals surface area (Å²) in [5.41, 5.74) is 7.10. The van der Waals surface area contributed by atoms with E-state index in [1.807, 2.05) is 19.1 Å². The smallest absolute Gasteiger partial charge is 0.123 e. The average molecular weight is 209 g/mol. The van der Waals surface area contributed by atoms with E-state index < -0.39 is 0 Å². The SMILES string of the molecule is CC(C)C(Cc1ccc(F)cc1)C(C)N. The Morgan fingerprint density at radius 3 is 2.07 bits per heavy atom. The molecule has 0 radical (unpaired) electrons. The van der Waals surface area contributed by atoms with Gasteiger partial charge in [0.2, 0.25) is 0 Å². The van der Waals surface area contributed by atoms with E-state index in [1.165, 1.54) is 12.1 Å². The van der Waals surface area contributed by atoms with Crippen LogP contribution in [0.25, 0.3) is 0 Å². The summed E-state index contributed by atoms with van der Waals surface area (Å²) in [4.78, 5) is 0. The van der Waals surface area contributed by atoms with Crippen molar-refractivity contribution >= 4 is 0 Å². The van der Waals surface area contributed by atoms with Crippen LogP contribution in [0.4, 0.5) is 4.39 Å². The maximum absolute atomic E-state index is 12.7. The summed E-state index contributed by atoms with van der Waals surface area (Å²) in [7, 11) is 0. The first kappa shape index (κ1) is 12.2. The minimum atomic E-state index is -0.180. The second-order valence-corrected chi connectivity index (χ2v) is 4.60. The lowest BCUT2D eigenvalue weighted by atomic mass is 9.84. The fourth-order valence-electron chi connectivity index (χ4n) is 1.92. The first-order valence-corrected chi connectivity index (χ1v) is 5.50. The predicted octanol–water partition coefficient (Wildman–Crippen LogP) is 2.99. The first-order chi connectivity index (χ1) is 7.00. The number of halogens is 1. The van der Waals surface area contributed by atoms with Gasteiger partial charge in [-0.05, 0) is 42.9 Å². The molecular weight excluding hydrogens is 189 g/mol. The van der Waals surface area contributed by atoms with Gasteiger partial charge in [0.05, 0.1) is 0 Å². The normalized spacial score (nSPS) is 15.3. The summed E-state index contributed by atoms with van der Waals surface area (Å²) < 4.78 is 12.7. The van der Waals surface area contributed by atoms with Crippen molar-refractivity contribution in [3.05, 3.63) is 35.6 Å². The molecule has 1 nitrogen and oxygen atoms in total. The molecule has 0 aliphatic carbocycles. The van der Waals surface area contributed by atoms with Gasteiger partial charge in [0.25, 0.3) is 0 Å². The molecule has 2 N–H and O–H groups in total. The zero-order valence-electron chi connectivity index (χ0n) is 9.70. The minimum absolute atomic E-state index is 0.176. The van der Waals surface area contributed by atoms with E-state index in [1.54, 1.807) is 0 Å². The Balaban J connectivity index is 2.70. The van der Waals surface area contributed by atoms with Crippen molar-refractivity contribution < 1.29 is 4.39 Å². The van der Waals surface area contributed by atoms with Gasteiger partial charge >= 0.3 is 0 Å². The molecule has 0 aliphatic heterocycles. The van der Waals surface area contributed by atoms with E-state index >= 15 is 0 Å². The van der Waals surface area contributed by atoms with Crippen LogP contribution in [-0.4, -0.2) is 6.04 Å². The number of hydrogen-bond acceptors (Lipinski definition) is 1. The van der Waals surface area contributed by atoms with Crippen molar-refractivity contribution in [3.8, 4) is 0 Å². The largest absolute Gasteiger partial charge is 0.328 e. The van der Waals surface area contributed by atoms with E-state index in [2.05, 4.69) is 13.8 Å². The highest BCUT2D eigenvalue weighted by atomic mass is 19.1. The van der Waals surface area contributed by atoms with Gasteiger partial charge in [-0.3, -0.25) is 0 Å². The van der Waals surface area contributed by atoms with E-state index in [4.69, 9.17) is 5.73 Å². The van der Waals surface area contributed by atoms with Crippen molar-refractivity contribution in [2.75, 3.05) is 0 Å². The summed E-state index contributed by atoms with van der Waals surface area (Å²) in [5, 5.41) is 0. The third-order valence-corrected chi connectivity index (χ3v) is 2.92. The van der Waals surface area contributed by atoms with Gasteiger partial charge in [0.1, 0.15) is 5.82 Å². The van der Waals surface area contributed by atoms with Gasteiger partial charge in [0.15, 0.2) is 0 Å². The molecule has 1 rings (SSSR count). The molecule has 0 amide bonds. The maximum atomic E-state index is 12.7. The third-order valence-electron chi connectivity index (χ3n) is 2.92. The lowest BCUT2D eigenvalue weighted by Crippen LogP contribution is -2.32. The molecule has 2 heteroatoms. The minimum Gasteiger partial charge on any atom is -0.328 e. The molecule has 0 saturated heterocycles. The van der Waals surface area contributed by atoms with Crippen LogP contribution in [0.2, 0.25) is 0 Å². The van der Waals surface area contributed by atoms with Gasteiger partial charge < -0.3 is 5.73 Å². The van der Waals surface area contributed by atoms with Crippen LogP contribution < -0.4 is 5.73 Å². The molecule has 1 aromatic carbocycles. The van der Waals surface area contributed by atoms with Crippen LogP contribution in [0, 0.1) is 17.7 Å². The molecule has 0 spiro atoms. The Morgan fingerprint density at radius 1 is 1.13 bits per heavy atom. The highest BCUT2D eigenvalue weighted by Crippen LogP contribution is 2.20. The maximum Gasteiger partial charge on any atom is 0.123 e. The van der Waals surface area contributed by atoms with Crippen molar-refractivity contribution in [1.82, 2.24) is 0 Å². The Bertz CT molecular complexity index is 282. The lowest BCUT2D eigenvalue weighted by Gasteiger charge is -2.24. The molecule has 0 bridgehead atoms. The predicted molar refractivity (Wildman–Crippen MR) is 62.1 cm³/mol. The van der Waals surface area contributed by atoms with E-state index in [0.717, 1.165) is 12.0 Å². The summed E-state index contributed by atoms with van der Waals surface area (Å²) in [5.74, 6) is 0.825. The van der Waals surface area contributed by atoms with Crippen molar-refractivity contribution in [2.24, 2.45) is 17.6 Å². The average Bonchev–Trinajstić information content (AvgIpc) is 2.15. The standard InChI is InChI=1S/C13H20FN/c1-9(2)13(10(3)15)8-11-4-6-12(14)7-5-11/h4-7,9-10,13H,8,15H2,1-3H3. The second kappa shape index (κ2) is 5.26. The quantitative estimate of drug-likeness (QED) is 0.810. The molecule has 0 heterocycles. The zero-order valence-corrected chi connectivity index (χ0v) is 9.70. The fourth-order valence-corrected chi connectivity index (χ4v) is 1.92. The van der Waals surface area contributed by atoms with Gasteiger partial charge in [0, 0.05) is 6.04 Å². The highest BCUT2D eigenvalue weighted by Gasteiger charge is 2.18. The molecular formula is C13H20FN. The summed E-state index contributed by atoms with van der Waals surface area (Å²) >= 11 is 0. The lowest BCUT2D eigenvalue weighted by molar-refractivity contribution is 0.330. The molecule has 0 aliphatic rings. The summed E-state index contributed by atoms with van der Waals surface area (Å²) in [6.07, 6.45) is 0.926. The van der Waals surface area contributed by atoms with Crippen LogP contribution in [0.1, 0.15) is 26.3 Å². The fraction of sp³-hybridized carbons (Fsp3) is 0.538. The van der Waals surface area contributed by atoms with Gasteiger partial charge in [-0.1, -0.05) is 26.0 Å². The van der Waals surface area contributed by atoms with Crippen LogP contribution in [0.3, 0.4) is 0 Å². The van der Waals surface area contributed by atoms with Crippen LogP contribution in [0.15, 0.2) is 24.3 Å². The first-order valence-electron chi connectivity index (χ1n) is 5.50. The van der Waals surface area contributed by atoms with Gasteiger partial charge in [-0.2, -0.15) is 0 Å². The number of hydrogen-bond donors (Lipinski definition) is 1. The van der Waals surface area contributed by atoms with E-state index in [9.17, 15) is 4.39 Å². The van der Waals surface area contributed by atoms with Crippen molar-refractivity contribution in [2.45, 2.75) is 33.2 Å². The topological polar surface area (TPSA) is 26.0 Å². The van der Waals surface area contributed by atoms with Gasteiger partial charge in [-0.15, -0.1) is 0 Å². The van der Waals surface area contributed by atoms with Crippen molar-refractivity contribution in [1.29, 1.82) is 0 Å². The number of benzene rings is 1. The summed E-state index contributed by atoms with van der Waals surface area (Å²) in [6, 6.07) is 6.87. The Kier molecular flexibility index (Phi) is 4.28. The highest BCUT2D eigenvalue weighted by molar-refractivity contribution is 5.17. The Hall–Kier alpha value is -0.890. The summed E-state index contributed by atoms with van der Waals surface area (Å²) in [6.45, 7) is 6.39. The van der Waals surface area contributed by atoms with Gasteiger partial charge in [-0.25, -0.2) is 4.39 Å². The molecule has 0 saturated carbocycles. The molecule has 2 unspecified atom stereocenters. The molecule has 2 atom stereocenters.